The van der Waals surface area contributed by atoms with Crippen molar-refractivity contribution in [2.75, 3.05) is 18.9 Å². The molecule has 1 aliphatic rings. The van der Waals surface area contributed by atoms with Crippen molar-refractivity contribution >= 4 is 5.82 Å². The summed E-state index contributed by atoms with van der Waals surface area (Å²) >= 11 is 0. The third-order valence-electron chi connectivity index (χ3n) is 2.97. The first-order valence-corrected chi connectivity index (χ1v) is 4.90. The topological polar surface area (TPSA) is 53.1 Å². The van der Waals surface area contributed by atoms with E-state index in [1.54, 1.807) is 0 Å². The summed E-state index contributed by atoms with van der Waals surface area (Å²) in [5, 5.41) is 4.30. The van der Waals surface area contributed by atoms with Gasteiger partial charge in [-0.1, -0.05) is 13.8 Å². The zero-order valence-electron chi connectivity index (χ0n) is 8.95. The summed E-state index contributed by atoms with van der Waals surface area (Å²) in [5.74, 6) is 0.758. The van der Waals surface area contributed by atoms with Crippen LogP contribution in [0.1, 0.15) is 25.5 Å². The molecule has 2 heterocycles. The summed E-state index contributed by atoms with van der Waals surface area (Å²) in [6, 6.07) is 0.260. The SMILES string of the molecule is Cc1cnn(C2COCC2(C)C)c1N. The lowest BCUT2D eigenvalue weighted by atomic mass is 9.88. The largest absolute Gasteiger partial charge is 0.384 e. The van der Waals surface area contributed by atoms with Crippen LogP contribution >= 0.6 is 0 Å². The first-order chi connectivity index (χ1) is 6.52. The van der Waals surface area contributed by atoms with Gasteiger partial charge in [-0.05, 0) is 6.92 Å². The van der Waals surface area contributed by atoms with Gasteiger partial charge < -0.3 is 10.5 Å². The van der Waals surface area contributed by atoms with Gasteiger partial charge in [-0.2, -0.15) is 5.10 Å². The molecule has 1 saturated heterocycles. The molecule has 1 unspecified atom stereocenters. The minimum atomic E-state index is 0.118. The van der Waals surface area contributed by atoms with Gasteiger partial charge in [0.2, 0.25) is 0 Å². The van der Waals surface area contributed by atoms with Crippen LogP contribution in [0, 0.1) is 12.3 Å². The molecule has 0 radical (unpaired) electrons. The van der Waals surface area contributed by atoms with Gasteiger partial charge in [0, 0.05) is 11.0 Å². The van der Waals surface area contributed by atoms with Gasteiger partial charge in [-0.15, -0.1) is 0 Å². The summed E-state index contributed by atoms with van der Waals surface area (Å²) in [6.45, 7) is 7.82. The smallest absolute Gasteiger partial charge is 0.125 e. The van der Waals surface area contributed by atoms with E-state index in [9.17, 15) is 0 Å². The Morgan fingerprint density at radius 2 is 2.36 bits per heavy atom. The van der Waals surface area contributed by atoms with Crippen molar-refractivity contribution in [3.8, 4) is 0 Å². The molecule has 2 rings (SSSR count). The van der Waals surface area contributed by atoms with Crippen molar-refractivity contribution in [3.63, 3.8) is 0 Å². The summed E-state index contributed by atoms with van der Waals surface area (Å²) < 4.78 is 7.37. The molecule has 78 valence electrons. The van der Waals surface area contributed by atoms with Crippen LogP contribution in [-0.4, -0.2) is 23.0 Å². The van der Waals surface area contributed by atoms with Crippen LogP contribution in [0.25, 0.3) is 0 Å². The lowest BCUT2D eigenvalue weighted by Gasteiger charge is -2.25. The number of rotatable bonds is 1. The minimum absolute atomic E-state index is 0.118. The maximum Gasteiger partial charge on any atom is 0.125 e. The Bertz CT molecular complexity index is 343. The predicted molar refractivity (Wildman–Crippen MR) is 55.0 cm³/mol. The number of nitrogens with two attached hydrogens (primary N) is 1. The van der Waals surface area contributed by atoms with Crippen molar-refractivity contribution in [2.45, 2.75) is 26.8 Å². The molecular weight excluding hydrogens is 178 g/mol. The Balaban J connectivity index is 2.36. The van der Waals surface area contributed by atoms with Crippen LogP contribution in [-0.2, 0) is 4.74 Å². The van der Waals surface area contributed by atoms with Crippen molar-refractivity contribution in [1.82, 2.24) is 9.78 Å². The van der Waals surface area contributed by atoms with Gasteiger partial charge in [0.05, 0.1) is 25.5 Å². The number of nitrogen functional groups attached to an aromatic ring is 1. The third kappa shape index (κ3) is 1.30. The molecule has 1 aromatic rings. The molecule has 1 atom stereocenters. The molecule has 2 N–H and O–H groups in total. The molecule has 4 heteroatoms. The summed E-state index contributed by atoms with van der Waals surface area (Å²) in [4.78, 5) is 0. The Hall–Kier alpha value is -1.03. The third-order valence-corrected chi connectivity index (χ3v) is 2.97. The highest BCUT2D eigenvalue weighted by Gasteiger charge is 2.38. The normalized spacial score (nSPS) is 25.5. The van der Waals surface area contributed by atoms with Crippen LogP contribution in [0.2, 0.25) is 0 Å². The number of aryl methyl sites for hydroxylation is 1. The van der Waals surface area contributed by atoms with E-state index in [0.29, 0.717) is 6.61 Å². The standard InChI is InChI=1S/C10H17N3O/c1-7-4-12-13(9(7)11)8-5-14-6-10(8,2)3/h4,8H,5-6,11H2,1-3H3. The summed E-state index contributed by atoms with van der Waals surface area (Å²) in [5.41, 5.74) is 7.10. The molecule has 0 aromatic carbocycles. The van der Waals surface area contributed by atoms with E-state index in [2.05, 4.69) is 18.9 Å². The molecule has 0 saturated carbocycles. The zero-order chi connectivity index (χ0) is 10.3. The average Bonchev–Trinajstić information content (AvgIpc) is 2.59. The predicted octanol–water partition coefficient (Wildman–Crippen LogP) is 1.37. The van der Waals surface area contributed by atoms with Crippen molar-refractivity contribution in [1.29, 1.82) is 0 Å². The monoisotopic (exact) mass is 195 g/mol. The van der Waals surface area contributed by atoms with Gasteiger partial charge >= 0.3 is 0 Å². The number of anilines is 1. The second-order valence-electron chi connectivity index (χ2n) is 4.68. The van der Waals surface area contributed by atoms with E-state index in [1.165, 1.54) is 0 Å². The van der Waals surface area contributed by atoms with Crippen LogP contribution in [0.4, 0.5) is 5.82 Å². The molecule has 0 bridgehead atoms. The maximum atomic E-state index is 5.95. The van der Waals surface area contributed by atoms with Crippen LogP contribution in [0.5, 0.6) is 0 Å². The van der Waals surface area contributed by atoms with E-state index < -0.39 is 0 Å². The van der Waals surface area contributed by atoms with Crippen LogP contribution in [0.3, 0.4) is 0 Å². The van der Waals surface area contributed by atoms with Gasteiger partial charge in [0.1, 0.15) is 5.82 Å². The molecule has 1 fully saturated rings. The summed E-state index contributed by atoms with van der Waals surface area (Å²) in [6.07, 6.45) is 1.81. The second-order valence-corrected chi connectivity index (χ2v) is 4.68. The summed E-state index contributed by atoms with van der Waals surface area (Å²) in [7, 11) is 0. The Morgan fingerprint density at radius 1 is 1.64 bits per heavy atom. The quantitative estimate of drug-likeness (QED) is 0.736. The van der Waals surface area contributed by atoms with Crippen LogP contribution < -0.4 is 5.73 Å². The lowest BCUT2D eigenvalue weighted by molar-refractivity contribution is 0.166. The average molecular weight is 195 g/mol. The maximum absolute atomic E-state index is 5.95. The number of nitrogens with zero attached hydrogens (tertiary/aromatic N) is 2. The Kier molecular flexibility index (Phi) is 2.03. The van der Waals surface area contributed by atoms with Gasteiger partial charge in [0.25, 0.3) is 0 Å². The molecule has 0 aliphatic carbocycles. The highest BCUT2D eigenvalue weighted by atomic mass is 16.5. The van der Waals surface area contributed by atoms with Crippen molar-refractivity contribution < 1.29 is 4.74 Å². The van der Waals surface area contributed by atoms with Gasteiger partial charge in [0.15, 0.2) is 0 Å². The lowest BCUT2D eigenvalue weighted by Crippen LogP contribution is -2.27. The first kappa shape index (κ1) is 9.52. The number of aromatic nitrogens is 2. The fourth-order valence-corrected chi connectivity index (χ4v) is 1.86. The van der Waals surface area contributed by atoms with Gasteiger partial charge in [-0.25, -0.2) is 4.68 Å². The Labute approximate surface area is 84.0 Å². The molecule has 4 nitrogen and oxygen atoms in total. The number of hydrogen-bond donors (Lipinski definition) is 1. The fourth-order valence-electron chi connectivity index (χ4n) is 1.86. The fraction of sp³-hybridized carbons (Fsp3) is 0.700. The highest BCUT2D eigenvalue weighted by molar-refractivity contribution is 5.38. The first-order valence-electron chi connectivity index (χ1n) is 4.90. The van der Waals surface area contributed by atoms with E-state index in [4.69, 9.17) is 10.5 Å². The van der Waals surface area contributed by atoms with Crippen molar-refractivity contribution in [3.05, 3.63) is 11.8 Å². The van der Waals surface area contributed by atoms with E-state index in [1.807, 2.05) is 17.8 Å². The minimum Gasteiger partial charge on any atom is -0.384 e. The number of ether oxygens (including phenoxy) is 1. The molecule has 14 heavy (non-hydrogen) atoms. The molecule has 1 aromatic heterocycles. The molecule has 1 aliphatic heterocycles. The van der Waals surface area contributed by atoms with E-state index in [0.717, 1.165) is 18.0 Å². The van der Waals surface area contributed by atoms with E-state index >= 15 is 0 Å². The van der Waals surface area contributed by atoms with Gasteiger partial charge in [-0.3, -0.25) is 0 Å². The molecule has 0 amide bonds. The van der Waals surface area contributed by atoms with Crippen LogP contribution in [0.15, 0.2) is 6.20 Å². The highest BCUT2D eigenvalue weighted by Crippen LogP contribution is 2.38. The van der Waals surface area contributed by atoms with Crippen molar-refractivity contribution in [2.24, 2.45) is 5.41 Å². The van der Waals surface area contributed by atoms with E-state index in [-0.39, 0.29) is 11.5 Å². The zero-order valence-corrected chi connectivity index (χ0v) is 8.95. The Morgan fingerprint density at radius 3 is 2.79 bits per heavy atom. The molecule has 0 spiro atoms. The molecular formula is C10H17N3O. The number of hydrogen-bond acceptors (Lipinski definition) is 3. The second kappa shape index (κ2) is 2.98.